The molecule has 0 aliphatic rings. The quantitative estimate of drug-likeness (QED) is 0.450. The Balaban J connectivity index is 2.10. The SMILES string of the molecule is C#CC(Cc1cccc(C(F)(F)F)c1)OC(C#C)Cc1cccc(C(F)(F)F)c1. The van der Waals surface area contributed by atoms with Gasteiger partial charge in [-0.15, -0.1) is 12.8 Å². The van der Waals surface area contributed by atoms with Crippen molar-refractivity contribution in [3.05, 3.63) is 70.8 Å². The van der Waals surface area contributed by atoms with Gasteiger partial charge in [0.1, 0.15) is 12.2 Å². The molecule has 2 aromatic carbocycles. The lowest BCUT2D eigenvalue weighted by Gasteiger charge is -2.19. The van der Waals surface area contributed by atoms with Crippen LogP contribution in [0.5, 0.6) is 0 Å². The molecule has 7 heteroatoms. The minimum absolute atomic E-state index is 0.0266. The van der Waals surface area contributed by atoms with Crippen molar-refractivity contribution in [2.75, 3.05) is 0 Å². The first-order valence-corrected chi connectivity index (χ1v) is 8.43. The summed E-state index contributed by atoms with van der Waals surface area (Å²) in [5, 5.41) is 0. The van der Waals surface area contributed by atoms with Crippen molar-refractivity contribution >= 4 is 0 Å². The number of terminal acetylenes is 2. The van der Waals surface area contributed by atoms with Crippen molar-refractivity contribution in [1.29, 1.82) is 0 Å². The van der Waals surface area contributed by atoms with E-state index in [0.29, 0.717) is 11.1 Å². The van der Waals surface area contributed by atoms with E-state index in [1.165, 1.54) is 24.3 Å². The topological polar surface area (TPSA) is 9.23 Å². The predicted octanol–water partition coefficient (Wildman–Crippen LogP) is 5.53. The highest BCUT2D eigenvalue weighted by atomic mass is 19.4. The zero-order valence-electron chi connectivity index (χ0n) is 15.0. The summed E-state index contributed by atoms with van der Waals surface area (Å²) in [7, 11) is 0. The summed E-state index contributed by atoms with van der Waals surface area (Å²) in [4.78, 5) is 0. The number of alkyl halides is 6. The Kier molecular flexibility index (Phi) is 7.00. The Hall–Kier alpha value is -2.90. The number of halogens is 6. The van der Waals surface area contributed by atoms with E-state index in [2.05, 4.69) is 11.8 Å². The standard InChI is InChI=1S/C22H16F6O/c1-3-19(13-15-7-5-9-17(11-15)21(23,24)25)29-20(4-2)14-16-8-6-10-18(12-16)22(26,27)28/h1-2,5-12,19-20H,13-14H2. The van der Waals surface area contributed by atoms with Crippen LogP contribution in [0.4, 0.5) is 26.3 Å². The highest BCUT2D eigenvalue weighted by molar-refractivity contribution is 5.28. The van der Waals surface area contributed by atoms with Crippen molar-refractivity contribution in [1.82, 2.24) is 0 Å². The molecule has 29 heavy (non-hydrogen) atoms. The van der Waals surface area contributed by atoms with Crippen LogP contribution in [0.3, 0.4) is 0 Å². The summed E-state index contributed by atoms with van der Waals surface area (Å²) < 4.78 is 82.6. The van der Waals surface area contributed by atoms with Crippen LogP contribution in [0, 0.1) is 24.7 Å². The molecule has 0 fully saturated rings. The van der Waals surface area contributed by atoms with Crippen LogP contribution >= 0.6 is 0 Å². The minimum atomic E-state index is -4.49. The first-order chi connectivity index (χ1) is 13.5. The van der Waals surface area contributed by atoms with Crippen LogP contribution < -0.4 is 0 Å². The van der Waals surface area contributed by atoms with E-state index in [0.717, 1.165) is 24.3 Å². The highest BCUT2D eigenvalue weighted by Gasteiger charge is 2.31. The van der Waals surface area contributed by atoms with Gasteiger partial charge >= 0.3 is 12.4 Å². The van der Waals surface area contributed by atoms with Crippen molar-refractivity contribution < 1.29 is 31.1 Å². The summed E-state index contributed by atoms with van der Waals surface area (Å²) in [6.45, 7) is 0. The van der Waals surface area contributed by atoms with Gasteiger partial charge in [0, 0.05) is 12.8 Å². The van der Waals surface area contributed by atoms with E-state index >= 15 is 0 Å². The Morgan fingerprint density at radius 2 is 1.10 bits per heavy atom. The van der Waals surface area contributed by atoms with E-state index in [4.69, 9.17) is 17.6 Å². The molecule has 2 unspecified atom stereocenters. The molecular weight excluding hydrogens is 394 g/mol. The van der Waals surface area contributed by atoms with Gasteiger partial charge in [-0.3, -0.25) is 0 Å². The lowest BCUT2D eigenvalue weighted by molar-refractivity contribution is -0.138. The molecule has 2 atom stereocenters. The van der Waals surface area contributed by atoms with Gasteiger partial charge < -0.3 is 4.74 Å². The lowest BCUT2D eigenvalue weighted by atomic mass is 10.0. The summed E-state index contributed by atoms with van der Waals surface area (Å²) in [5.41, 5.74) is -1.03. The second kappa shape index (κ2) is 9.07. The van der Waals surface area contributed by atoms with Crippen LogP contribution in [0.25, 0.3) is 0 Å². The zero-order chi connectivity index (χ0) is 21.7. The summed E-state index contributed by atoms with van der Waals surface area (Å²) in [6, 6.07) is 9.26. The third-order valence-electron chi connectivity index (χ3n) is 4.05. The number of ether oxygens (including phenoxy) is 1. The van der Waals surface area contributed by atoms with Crippen molar-refractivity contribution in [2.45, 2.75) is 37.4 Å². The normalized spacial score (nSPS) is 13.9. The second-order valence-corrected chi connectivity index (χ2v) is 6.25. The van der Waals surface area contributed by atoms with Gasteiger partial charge in [-0.05, 0) is 23.3 Å². The molecule has 0 heterocycles. The van der Waals surface area contributed by atoms with Gasteiger partial charge in [0.25, 0.3) is 0 Å². The number of hydrogen-bond acceptors (Lipinski definition) is 1. The Bertz CT molecular complexity index is 839. The molecule has 0 N–H and O–H groups in total. The summed E-state index contributed by atoms with van der Waals surface area (Å²) >= 11 is 0. The number of hydrogen-bond donors (Lipinski definition) is 0. The Labute approximate surface area is 164 Å². The molecule has 0 aliphatic heterocycles. The first-order valence-electron chi connectivity index (χ1n) is 8.43. The van der Waals surface area contributed by atoms with Crippen molar-refractivity contribution in [2.24, 2.45) is 0 Å². The maximum atomic E-state index is 12.8. The zero-order valence-corrected chi connectivity index (χ0v) is 15.0. The molecule has 0 amide bonds. The largest absolute Gasteiger partial charge is 0.416 e. The van der Waals surface area contributed by atoms with E-state index in [1.54, 1.807) is 0 Å². The number of rotatable bonds is 6. The maximum absolute atomic E-state index is 12.8. The molecule has 0 bridgehead atoms. The molecule has 0 aromatic heterocycles. The van der Waals surface area contributed by atoms with Crippen LogP contribution in [-0.2, 0) is 29.9 Å². The van der Waals surface area contributed by atoms with Gasteiger partial charge in [0.15, 0.2) is 0 Å². The molecule has 0 aliphatic carbocycles. The van der Waals surface area contributed by atoms with Gasteiger partial charge in [0.2, 0.25) is 0 Å². The Morgan fingerprint density at radius 3 is 1.41 bits per heavy atom. The summed E-state index contributed by atoms with van der Waals surface area (Å²) in [5.74, 6) is 4.63. The molecule has 2 rings (SSSR count). The predicted molar refractivity (Wildman–Crippen MR) is 96.6 cm³/mol. The summed E-state index contributed by atoms with van der Waals surface area (Å²) in [6.07, 6.45) is -0.103. The second-order valence-electron chi connectivity index (χ2n) is 6.25. The van der Waals surface area contributed by atoms with Gasteiger partial charge in [0.05, 0.1) is 11.1 Å². The molecule has 0 saturated carbocycles. The molecule has 0 spiro atoms. The highest BCUT2D eigenvalue weighted by Crippen LogP contribution is 2.31. The van der Waals surface area contributed by atoms with Gasteiger partial charge in [-0.2, -0.15) is 26.3 Å². The van der Waals surface area contributed by atoms with E-state index in [1.807, 2.05) is 0 Å². The molecule has 0 radical (unpaired) electrons. The third kappa shape index (κ3) is 6.58. The van der Waals surface area contributed by atoms with Crippen LogP contribution in [0.2, 0.25) is 0 Å². The number of benzene rings is 2. The molecule has 152 valence electrons. The average Bonchev–Trinajstić information content (AvgIpc) is 2.66. The Morgan fingerprint density at radius 1 is 0.724 bits per heavy atom. The van der Waals surface area contributed by atoms with Crippen LogP contribution in [-0.4, -0.2) is 12.2 Å². The van der Waals surface area contributed by atoms with E-state index in [-0.39, 0.29) is 12.8 Å². The fourth-order valence-electron chi connectivity index (χ4n) is 2.67. The first kappa shape index (κ1) is 22.4. The van der Waals surface area contributed by atoms with Crippen molar-refractivity contribution in [3.8, 4) is 24.7 Å². The fourth-order valence-corrected chi connectivity index (χ4v) is 2.67. The smallest absolute Gasteiger partial charge is 0.349 e. The average molecular weight is 410 g/mol. The van der Waals surface area contributed by atoms with Crippen LogP contribution in [0.15, 0.2) is 48.5 Å². The van der Waals surface area contributed by atoms with Crippen LogP contribution in [0.1, 0.15) is 22.3 Å². The fraction of sp³-hybridized carbons (Fsp3) is 0.273. The third-order valence-corrected chi connectivity index (χ3v) is 4.05. The van der Waals surface area contributed by atoms with Gasteiger partial charge in [-0.25, -0.2) is 0 Å². The lowest BCUT2D eigenvalue weighted by Crippen LogP contribution is -2.24. The molecule has 0 saturated heterocycles. The van der Waals surface area contributed by atoms with Crippen molar-refractivity contribution in [3.63, 3.8) is 0 Å². The monoisotopic (exact) mass is 410 g/mol. The molecule has 1 nitrogen and oxygen atoms in total. The van der Waals surface area contributed by atoms with Gasteiger partial charge in [-0.1, -0.05) is 48.2 Å². The van der Waals surface area contributed by atoms with E-state index < -0.39 is 35.7 Å². The minimum Gasteiger partial charge on any atom is -0.349 e. The molecular formula is C22H16F6O. The van der Waals surface area contributed by atoms with E-state index in [9.17, 15) is 26.3 Å². The molecule has 2 aromatic rings. The maximum Gasteiger partial charge on any atom is 0.416 e.